The topological polar surface area (TPSA) is 97.8 Å². The Hall–Kier alpha value is -0.416. The molecule has 1 aromatic heterocycles. The molecule has 1 rings (SSSR count). The molecule has 0 aliphatic carbocycles. The fraction of sp³-hybridized carbons (Fsp3) is 0. The predicted octanol–water partition coefficient (Wildman–Crippen LogP) is -0.661. The van der Waals surface area contributed by atoms with Crippen LogP contribution in [0.5, 0.6) is 0 Å². The molecule has 0 spiro atoms. The average molecular weight is 229 g/mol. The van der Waals surface area contributed by atoms with Crippen LogP contribution in [0.2, 0.25) is 0 Å². The van der Waals surface area contributed by atoms with Crippen LogP contribution in [0, 0.1) is 13.8 Å². The molecule has 1 radical (unpaired) electrons. The molecule has 6 heteroatoms. The van der Waals surface area contributed by atoms with E-state index in [1.165, 1.54) is 0 Å². The molecule has 0 aliphatic heterocycles. The number of imidazole rings is 1. The van der Waals surface area contributed by atoms with Gasteiger partial charge in [0.2, 0.25) is 5.91 Å². The molecule has 0 saturated heterocycles. The van der Waals surface area contributed by atoms with E-state index in [2.05, 4.69) is 16.3 Å². The van der Waals surface area contributed by atoms with E-state index in [0.29, 0.717) is 0 Å². The summed E-state index contributed by atoms with van der Waals surface area (Å²) in [5.41, 5.74) is 10.1. The summed E-state index contributed by atoms with van der Waals surface area (Å²) in [6.45, 7) is 0. The van der Waals surface area contributed by atoms with Crippen molar-refractivity contribution in [1.29, 1.82) is 0 Å². The molecule has 0 fully saturated rings. The van der Waals surface area contributed by atoms with Crippen molar-refractivity contribution in [2.45, 2.75) is 0 Å². The molecule has 0 aromatic carbocycles. The molecule has 0 unspecified atom stereocenters. The van der Waals surface area contributed by atoms with Crippen LogP contribution in [0.3, 0.4) is 0 Å². The Kier molecular flexibility index (Phi) is 6.31. The summed E-state index contributed by atoms with van der Waals surface area (Å²) in [7, 11) is 0. The summed E-state index contributed by atoms with van der Waals surface area (Å²) in [4.78, 5) is 16.1. The number of aromatic amines is 1. The van der Waals surface area contributed by atoms with E-state index < -0.39 is 5.91 Å². The van der Waals surface area contributed by atoms with Crippen LogP contribution < -0.4 is 11.5 Å². The van der Waals surface area contributed by atoms with Gasteiger partial charge in [-0.2, -0.15) is 0 Å². The molecule has 0 saturated carbocycles. The first-order chi connectivity index (χ1) is 4.22. The fourth-order valence-electron chi connectivity index (χ4n) is 0.451. The minimum Gasteiger partial charge on any atom is -0.448 e. The minimum absolute atomic E-state index is 0. The monoisotopic (exact) mass is 229 g/mol. The van der Waals surface area contributed by atoms with E-state index in [-0.39, 0.29) is 51.6 Å². The molecule has 0 atom stereocenters. The summed E-state index contributed by atoms with van der Waals surface area (Å²) in [5, 5.41) is 0. The van der Waals surface area contributed by atoms with Gasteiger partial charge in [0.05, 0.1) is 0 Å². The zero-order valence-corrected chi connectivity index (χ0v) is 8.93. The van der Waals surface area contributed by atoms with Crippen molar-refractivity contribution in [2.24, 2.45) is 5.73 Å². The van der Waals surface area contributed by atoms with Crippen LogP contribution in [0.25, 0.3) is 0 Å². The van der Waals surface area contributed by atoms with Gasteiger partial charge in [0.25, 0.3) is 0 Å². The summed E-state index contributed by atoms with van der Waals surface area (Å²) in [6.07, 6.45) is 2.28. The number of aromatic nitrogens is 2. The van der Waals surface area contributed by atoms with Crippen LogP contribution in [0.1, 0.15) is 10.5 Å². The molecule has 5 N–H and O–H groups in total. The molecular formula is C5H8N4OY-2. The van der Waals surface area contributed by atoms with Gasteiger partial charge in [-0.3, -0.25) is 4.79 Å². The third-order valence-electron chi connectivity index (χ3n) is 0.847. The first kappa shape index (κ1) is 13.2. The quantitative estimate of drug-likeness (QED) is 0.557. The fourth-order valence-corrected chi connectivity index (χ4v) is 0.451. The number of primary amides is 1. The van der Waals surface area contributed by atoms with Gasteiger partial charge in [-0.15, -0.1) is 0 Å². The van der Waals surface area contributed by atoms with E-state index in [4.69, 9.17) is 11.5 Å². The molecule has 59 valence electrons. The third kappa shape index (κ3) is 2.99. The van der Waals surface area contributed by atoms with Crippen LogP contribution >= 0.6 is 0 Å². The Morgan fingerprint density at radius 1 is 1.64 bits per heavy atom. The van der Waals surface area contributed by atoms with Gasteiger partial charge in [0.1, 0.15) is 0 Å². The summed E-state index contributed by atoms with van der Waals surface area (Å²) >= 11 is 0. The van der Waals surface area contributed by atoms with Crippen molar-refractivity contribution in [3.63, 3.8) is 0 Å². The van der Waals surface area contributed by atoms with Crippen molar-refractivity contribution in [3.8, 4) is 0 Å². The second-order valence-electron chi connectivity index (χ2n) is 1.48. The van der Waals surface area contributed by atoms with Crippen molar-refractivity contribution >= 4 is 11.7 Å². The molecule has 0 aliphatic rings. The maximum atomic E-state index is 10.3. The Labute approximate surface area is 89.8 Å². The van der Waals surface area contributed by atoms with E-state index >= 15 is 0 Å². The maximum Gasteiger partial charge on any atom is 0.202 e. The van der Waals surface area contributed by atoms with Crippen molar-refractivity contribution in [2.75, 3.05) is 5.73 Å². The van der Waals surface area contributed by atoms with E-state index in [1.54, 1.807) is 0 Å². The Balaban J connectivity index is 0. The zero-order chi connectivity index (χ0) is 6.85. The van der Waals surface area contributed by atoms with Crippen LogP contribution in [0.15, 0.2) is 0 Å². The van der Waals surface area contributed by atoms with Crippen LogP contribution in [-0.4, -0.2) is 15.9 Å². The van der Waals surface area contributed by atoms with Gasteiger partial charge in [-0.25, -0.2) is 0 Å². The number of nitrogens with one attached hydrogen (secondary N) is 1. The largest absolute Gasteiger partial charge is 0.448 e. The number of hydrogen-bond acceptors (Lipinski definition) is 3. The molecule has 1 heterocycles. The third-order valence-corrected chi connectivity index (χ3v) is 0.847. The number of nitrogen functional groups attached to an aromatic ring is 1. The van der Waals surface area contributed by atoms with Gasteiger partial charge in [0, 0.05) is 44.7 Å². The molecule has 5 nitrogen and oxygen atoms in total. The van der Waals surface area contributed by atoms with Gasteiger partial charge >= 0.3 is 0 Å². The molecule has 0 bridgehead atoms. The second kappa shape index (κ2) is 5.26. The van der Waals surface area contributed by atoms with Crippen LogP contribution in [-0.2, 0) is 32.7 Å². The van der Waals surface area contributed by atoms with Crippen molar-refractivity contribution in [1.82, 2.24) is 9.97 Å². The molecular weight excluding hydrogens is 221 g/mol. The number of nitrogens with zero attached hydrogens (tertiary/aromatic N) is 1. The standard InChI is InChI=1S/C4H5N4O.CH3.Y/c5-3-2(4(6)9)7-1-8-3;;/h5H2,(H2,6,9)(H,7,8);1H3;/q2*-1;. The average Bonchev–Trinajstić information content (AvgIpc) is 2.13. The van der Waals surface area contributed by atoms with Gasteiger partial charge in [-0.05, 0) is 5.82 Å². The number of nitrogens with two attached hydrogens (primary N) is 2. The first-order valence-corrected chi connectivity index (χ1v) is 2.23. The number of amides is 1. The minimum atomic E-state index is -0.648. The van der Waals surface area contributed by atoms with Crippen molar-refractivity contribution in [3.05, 3.63) is 19.4 Å². The second-order valence-corrected chi connectivity index (χ2v) is 1.48. The molecule has 1 amide bonds. The maximum absolute atomic E-state index is 10.3. The Morgan fingerprint density at radius 3 is 2.36 bits per heavy atom. The van der Waals surface area contributed by atoms with Gasteiger partial charge in [-0.1, -0.05) is 0 Å². The number of H-pyrrole nitrogens is 1. The van der Waals surface area contributed by atoms with Crippen LogP contribution in [0.4, 0.5) is 5.82 Å². The number of carbonyl (C=O) groups excluding carboxylic acids is 1. The Morgan fingerprint density at radius 2 is 2.18 bits per heavy atom. The zero-order valence-electron chi connectivity index (χ0n) is 6.09. The van der Waals surface area contributed by atoms with E-state index in [1.807, 2.05) is 0 Å². The van der Waals surface area contributed by atoms with E-state index in [0.717, 1.165) is 0 Å². The summed E-state index contributed by atoms with van der Waals surface area (Å²) in [6, 6.07) is 0. The normalized spacial score (nSPS) is 7.64. The molecule has 1 aromatic rings. The first-order valence-electron chi connectivity index (χ1n) is 2.23. The van der Waals surface area contributed by atoms with Gasteiger partial charge < -0.3 is 28.9 Å². The van der Waals surface area contributed by atoms with E-state index in [9.17, 15) is 4.79 Å². The number of carbonyl (C=O) groups is 1. The molecule has 11 heavy (non-hydrogen) atoms. The summed E-state index contributed by atoms with van der Waals surface area (Å²) < 4.78 is 0. The number of hydrogen-bond donors (Lipinski definition) is 3. The predicted molar refractivity (Wildman–Crippen MR) is 36.8 cm³/mol. The number of rotatable bonds is 1. The SMILES string of the molecule is NC(=O)c1n[c-][nH]c1N.[CH3-].[Y]. The van der Waals surface area contributed by atoms with Gasteiger partial charge in [0.15, 0.2) is 0 Å². The summed E-state index contributed by atoms with van der Waals surface area (Å²) in [5.74, 6) is -0.493. The number of anilines is 1. The van der Waals surface area contributed by atoms with Crippen molar-refractivity contribution < 1.29 is 37.5 Å². The Bertz CT molecular complexity index is 234. The smallest absolute Gasteiger partial charge is 0.202 e.